The van der Waals surface area contributed by atoms with Crippen LogP contribution in [0.5, 0.6) is 0 Å². The summed E-state index contributed by atoms with van der Waals surface area (Å²) in [6.45, 7) is 0. The molecule has 0 spiro atoms. The van der Waals surface area contributed by atoms with Gasteiger partial charge in [0.15, 0.2) is 0 Å². The third-order valence-corrected chi connectivity index (χ3v) is 5.70. The second kappa shape index (κ2) is 7.18. The average Bonchev–Trinajstić information content (AvgIpc) is 3.39. The van der Waals surface area contributed by atoms with E-state index in [0.717, 1.165) is 36.2 Å². The van der Waals surface area contributed by atoms with Crippen molar-refractivity contribution in [1.29, 1.82) is 0 Å². The highest BCUT2D eigenvalue weighted by molar-refractivity contribution is 5.94. The lowest BCUT2D eigenvalue weighted by molar-refractivity contribution is -0.141. The van der Waals surface area contributed by atoms with Gasteiger partial charge in [-0.05, 0) is 67.5 Å². The van der Waals surface area contributed by atoms with Crippen LogP contribution >= 0.6 is 0 Å². The zero-order valence-electron chi connectivity index (χ0n) is 16.3. The van der Waals surface area contributed by atoms with Gasteiger partial charge < -0.3 is 5.32 Å². The van der Waals surface area contributed by atoms with Crippen LogP contribution < -0.4 is 5.32 Å². The van der Waals surface area contributed by atoms with Crippen LogP contribution in [0.15, 0.2) is 42.7 Å². The predicted molar refractivity (Wildman–Crippen MR) is 103 cm³/mol. The van der Waals surface area contributed by atoms with Crippen molar-refractivity contribution in [2.24, 2.45) is 0 Å². The van der Waals surface area contributed by atoms with Crippen molar-refractivity contribution < 1.29 is 22.4 Å². The number of pyridine rings is 1. The molecule has 1 atom stereocenters. The predicted octanol–water partition coefficient (Wildman–Crippen LogP) is 4.72. The number of nitrogens with one attached hydrogen (secondary N) is 1. The number of alkyl halides is 3. The van der Waals surface area contributed by atoms with Crippen molar-refractivity contribution in [3.05, 3.63) is 76.6 Å². The van der Waals surface area contributed by atoms with E-state index in [2.05, 4.69) is 15.4 Å². The molecule has 1 saturated carbocycles. The number of carbonyl (C=O) groups is 1. The summed E-state index contributed by atoms with van der Waals surface area (Å²) in [7, 11) is 0. The Bertz CT molecular complexity index is 1170. The molecule has 2 aliphatic rings. The smallest absolute Gasteiger partial charge is 0.345 e. The van der Waals surface area contributed by atoms with Gasteiger partial charge in [0, 0.05) is 23.5 Å². The second-order valence-electron chi connectivity index (χ2n) is 7.98. The fourth-order valence-corrected chi connectivity index (χ4v) is 3.98. The lowest BCUT2D eigenvalue weighted by atomic mass is 10.1. The molecule has 0 bridgehead atoms. The van der Waals surface area contributed by atoms with E-state index in [1.807, 2.05) is 0 Å². The van der Waals surface area contributed by atoms with Crippen LogP contribution in [-0.4, -0.2) is 20.7 Å². The van der Waals surface area contributed by atoms with E-state index in [-0.39, 0.29) is 23.2 Å². The van der Waals surface area contributed by atoms with Gasteiger partial charge >= 0.3 is 6.18 Å². The van der Waals surface area contributed by atoms with Crippen LogP contribution in [0.2, 0.25) is 0 Å². The number of aryl methyl sites for hydroxylation is 1. The Labute approximate surface area is 175 Å². The summed E-state index contributed by atoms with van der Waals surface area (Å²) in [6, 6.07) is 6.45. The number of nitrogens with zero attached hydrogens (tertiary/aromatic N) is 3. The summed E-state index contributed by atoms with van der Waals surface area (Å²) >= 11 is 0. The van der Waals surface area contributed by atoms with E-state index < -0.39 is 17.7 Å². The lowest BCUT2D eigenvalue weighted by Gasteiger charge is -2.14. The lowest BCUT2D eigenvalue weighted by Crippen LogP contribution is -2.27. The van der Waals surface area contributed by atoms with Crippen LogP contribution in [-0.2, 0) is 12.6 Å². The van der Waals surface area contributed by atoms with Gasteiger partial charge in [0.1, 0.15) is 11.5 Å². The third-order valence-electron chi connectivity index (χ3n) is 5.70. The molecule has 3 aromatic rings. The number of amides is 1. The Hall–Kier alpha value is -3.23. The third kappa shape index (κ3) is 3.92. The Kier molecular flexibility index (Phi) is 4.56. The zero-order chi connectivity index (χ0) is 21.8. The molecule has 1 aromatic carbocycles. The molecule has 0 aliphatic heterocycles. The summed E-state index contributed by atoms with van der Waals surface area (Å²) in [4.78, 5) is 16.1. The molecule has 5 rings (SSSR count). The molecule has 2 aliphatic carbocycles. The highest BCUT2D eigenvalue weighted by Crippen LogP contribution is 2.40. The molecule has 5 nitrogen and oxygen atoms in total. The fraction of sp³-hybridized carbons (Fsp3) is 0.318. The highest BCUT2D eigenvalue weighted by atomic mass is 19.4. The number of hydrogen-bond acceptors (Lipinski definition) is 3. The fourth-order valence-electron chi connectivity index (χ4n) is 3.98. The monoisotopic (exact) mass is 430 g/mol. The van der Waals surface area contributed by atoms with E-state index in [4.69, 9.17) is 0 Å². The first-order chi connectivity index (χ1) is 14.8. The molecule has 2 aromatic heterocycles. The maximum atomic E-state index is 14.0. The SMILES string of the molecule is O=C(N[C@H]1CCc2nn(-c3ccnc(C(F)(F)F)c3)cc21)c1cc(F)cc(C2CC2)c1. The summed E-state index contributed by atoms with van der Waals surface area (Å²) in [5.41, 5.74) is 1.81. The number of benzene rings is 1. The molecular formula is C22H18F4N4O. The van der Waals surface area contributed by atoms with Crippen LogP contribution in [0.25, 0.3) is 5.69 Å². The van der Waals surface area contributed by atoms with Crippen molar-refractivity contribution in [3.63, 3.8) is 0 Å². The number of carbonyl (C=O) groups excluding carboxylic acids is 1. The molecule has 0 unspecified atom stereocenters. The largest absolute Gasteiger partial charge is 0.433 e. The molecule has 2 heterocycles. The van der Waals surface area contributed by atoms with E-state index in [9.17, 15) is 22.4 Å². The van der Waals surface area contributed by atoms with E-state index in [1.54, 1.807) is 12.3 Å². The normalized spacial score (nSPS) is 18.1. The van der Waals surface area contributed by atoms with Crippen LogP contribution in [0.4, 0.5) is 17.6 Å². The molecule has 0 saturated heterocycles. The molecule has 9 heteroatoms. The quantitative estimate of drug-likeness (QED) is 0.610. The standard InChI is InChI=1S/C22H18F4N4O/c23-15-8-13(12-1-2-12)7-14(9-15)21(31)28-18-3-4-19-17(18)11-30(29-19)16-5-6-27-20(10-16)22(24,25)26/h5-12,18H,1-4H2,(H,28,31)/t18-/m0/s1. The Balaban J connectivity index is 1.37. The van der Waals surface area contributed by atoms with Crippen LogP contribution in [0.1, 0.15) is 64.1 Å². The minimum atomic E-state index is -4.55. The minimum Gasteiger partial charge on any atom is -0.345 e. The molecule has 31 heavy (non-hydrogen) atoms. The summed E-state index contributed by atoms with van der Waals surface area (Å²) < 4.78 is 54.2. The van der Waals surface area contributed by atoms with Crippen molar-refractivity contribution in [2.45, 2.75) is 43.8 Å². The molecule has 0 radical (unpaired) electrons. The van der Waals surface area contributed by atoms with Gasteiger partial charge in [0.2, 0.25) is 0 Å². The number of aromatic nitrogens is 3. The van der Waals surface area contributed by atoms with Gasteiger partial charge in [-0.1, -0.05) is 0 Å². The number of hydrogen-bond donors (Lipinski definition) is 1. The topological polar surface area (TPSA) is 59.8 Å². The van der Waals surface area contributed by atoms with Gasteiger partial charge in [0.05, 0.1) is 17.4 Å². The van der Waals surface area contributed by atoms with Crippen molar-refractivity contribution >= 4 is 5.91 Å². The summed E-state index contributed by atoms with van der Waals surface area (Å²) in [6.07, 6.45) is 1.38. The van der Waals surface area contributed by atoms with E-state index in [1.165, 1.54) is 22.9 Å². The molecule has 160 valence electrons. The maximum Gasteiger partial charge on any atom is 0.433 e. The Morgan fingerprint density at radius 2 is 1.94 bits per heavy atom. The number of halogens is 4. The summed E-state index contributed by atoms with van der Waals surface area (Å²) in [5.74, 6) is -0.497. The summed E-state index contributed by atoms with van der Waals surface area (Å²) in [5, 5.41) is 7.30. The van der Waals surface area contributed by atoms with Gasteiger partial charge in [-0.3, -0.25) is 9.78 Å². The number of rotatable bonds is 4. The van der Waals surface area contributed by atoms with E-state index >= 15 is 0 Å². The minimum absolute atomic E-state index is 0.237. The number of fused-ring (bicyclic) bond motifs is 1. The Morgan fingerprint density at radius 1 is 1.13 bits per heavy atom. The van der Waals surface area contributed by atoms with E-state index in [0.29, 0.717) is 24.5 Å². The highest BCUT2D eigenvalue weighted by Gasteiger charge is 2.33. The van der Waals surface area contributed by atoms with Gasteiger partial charge in [0.25, 0.3) is 5.91 Å². The molecule has 1 N–H and O–H groups in total. The van der Waals surface area contributed by atoms with Gasteiger partial charge in [-0.15, -0.1) is 0 Å². The average molecular weight is 430 g/mol. The second-order valence-corrected chi connectivity index (χ2v) is 7.98. The van der Waals surface area contributed by atoms with Gasteiger partial charge in [-0.2, -0.15) is 18.3 Å². The van der Waals surface area contributed by atoms with Crippen molar-refractivity contribution in [1.82, 2.24) is 20.1 Å². The van der Waals surface area contributed by atoms with Gasteiger partial charge in [-0.25, -0.2) is 9.07 Å². The molecular weight excluding hydrogens is 412 g/mol. The first-order valence-corrected chi connectivity index (χ1v) is 10.0. The molecule has 1 amide bonds. The van der Waals surface area contributed by atoms with Crippen molar-refractivity contribution in [3.8, 4) is 5.69 Å². The molecule has 1 fully saturated rings. The maximum absolute atomic E-state index is 14.0. The first kappa shape index (κ1) is 19.7. The van der Waals surface area contributed by atoms with Crippen LogP contribution in [0, 0.1) is 5.82 Å². The Morgan fingerprint density at radius 3 is 2.68 bits per heavy atom. The first-order valence-electron chi connectivity index (χ1n) is 10.0. The van der Waals surface area contributed by atoms with Crippen LogP contribution in [0.3, 0.4) is 0 Å². The zero-order valence-corrected chi connectivity index (χ0v) is 16.3. The van der Waals surface area contributed by atoms with Crippen molar-refractivity contribution in [2.75, 3.05) is 0 Å².